The van der Waals surface area contributed by atoms with Crippen LogP contribution in [0.3, 0.4) is 0 Å². The van der Waals surface area contributed by atoms with Crippen molar-refractivity contribution in [2.75, 3.05) is 6.54 Å². The first-order valence-electron chi connectivity index (χ1n) is 6.71. The Morgan fingerprint density at radius 3 is 1.27 bits per heavy atom. The van der Waals surface area contributed by atoms with Crippen molar-refractivity contribution in [2.24, 2.45) is 0 Å². The van der Waals surface area contributed by atoms with Crippen LogP contribution in [0.4, 0.5) is 0 Å². The molecule has 0 rings (SSSR count). The summed E-state index contributed by atoms with van der Waals surface area (Å²) in [7, 11) is 0. The van der Waals surface area contributed by atoms with Gasteiger partial charge in [0.05, 0.1) is 6.54 Å². The zero-order chi connectivity index (χ0) is 10.5. The summed E-state index contributed by atoms with van der Waals surface area (Å²) < 4.78 is 0. The maximum Gasteiger partial charge on any atom is 0.0739 e. The molecule has 0 atom stereocenters. The van der Waals surface area contributed by atoms with Gasteiger partial charge in [-0.1, -0.05) is 64.7 Å². The van der Waals surface area contributed by atoms with E-state index in [-0.39, 0.29) is 12.4 Å². The maximum absolute atomic E-state index is 3.86. The van der Waals surface area contributed by atoms with Crippen molar-refractivity contribution in [2.45, 2.75) is 77.6 Å². The average molecular weight is 236 g/mol. The lowest BCUT2D eigenvalue weighted by Crippen LogP contribution is -3.00. The van der Waals surface area contributed by atoms with Crippen molar-refractivity contribution in [3.63, 3.8) is 0 Å². The van der Waals surface area contributed by atoms with E-state index in [9.17, 15) is 0 Å². The van der Waals surface area contributed by atoms with Gasteiger partial charge >= 0.3 is 0 Å². The molecule has 0 unspecified atom stereocenters. The Morgan fingerprint density at radius 2 is 0.933 bits per heavy atom. The lowest BCUT2D eigenvalue weighted by molar-refractivity contribution is -0.368. The standard InChI is InChI=1S/C13H29N.ClH/c1-2-3-4-5-6-7-8-9-10-11-12-13-14;/h2-14H2,1H3;1H. The number of hydrogen-bond donors (Lipinski definition) is 1. The highest BCUT2D eigenvalue weighted by Gasteiger charge is 1.92. The third kappa shape index (κ3) is 16.9. The van der Waals surface area contributed by atoms with Gasteiger partial charge in [0.15, 0.2) is 0 Å². The molecule has 3 N–H and O–H groups in total. The summed E-state index contributed by atoms with van der Waals surface area (Å²) in [5.74, 6) is 0. The molecule has 1 nitrogen and oxygen atoms in total. The summed E-state index contributed by atoms with van der Waals surface area (Å²) in [5, 5.41) is 0. The highest BCUT2D eigenvalue weighted by atomic mass is 35.5. The minimum Gasteiger partial charge on any atom is -1.00 e. The summed E-state index contributed by atoms with van der Waals surface area (Å²) in [6, 6.07) is 0. The van der Waals surface area contributed by atoms with Crippen LogP contribution >= 0.6 is 0 Å². The maximum atomic E-state index is 3.86. The molecule has 0 bridgehead atoms. The summed E-state index contributed by atoms with van der Waals surface area (Å²) in [5.41, 5.74) is 3.86. The molecule has 0 aromatic heterocycles. The SMILES string of the molecule is CCCCCCCCCCCCC[NH3+].[Cl-]. The van der Waals surface area contributed by atoms with Crippen LogP contribution < -0.4 is 18.1 Å². The van der Waals surface area contributed by atoms with E-state index in [2.05, 4.69) is 12.7 Å². The Morgan fingerprint density at radius 1 is 0.600 bits per heavy atom. The van der Waals surface area contributed by atoms with Gasteiger partial charge < -0.3 is 18.1 Å². The van der Waals surface area contributed by atoms with E-state index in [0.29, 0.717) is 0 Å². The van der Waals surface area contributed by atoms with E-state index in [0.717, 1.165) is 6.54 Å². The van der Waals surface area contributed by atoms with E-state index in [1.54, 1.807) is 0 Å². The van der Waals surface area contributed by atoms with Gasteiger partial charge in [0.1, 0.15) is 0 Å². The number of halogens is 1. The van der Waals surface area contributed by atoms with Crippen molar-refractivity contribution in [1.29, 1.82) is 0 Å². The number of rotatable bonds is 11. The number of hydrogen-bond acceptors (Lipinski definition) is 0. The van der Waals surface area contributed by atoms with Gasteiger partial charge in [-0.15, -0.1) is 0 Å². The highest BCUT2D eigenvalue weighted by molar-refractivity contribution is 4.47. The molecule has 0 saturated carbocycles. The van der Waals surface area contributed by atoms with Crippen LogP contribution in [0.15, 0.2) is 0 Å². The summed E-state index contributed by atoms with van der Waals surface area (Å²) in [4.78, 5) is 0. The number of quaternary nitrogens is 1. The first kappa shape index (κ1) is 17.6. The molecule has 0 aliphatic carbocycles. The monoisotopic (exact) mass is 235 g/mol. The highest BCUT2D eigenvalue weighted by Crippen LogP contribution is 2.10. The zero-order valence-electron chi connectivity index (χ0n) is 10.6. The van der Waals surface area contributed by atoms with Crippen LogP contribution in [0.2, 0.25) is 0 Å². The molecule has 0 saturated heterocycles. The lowest BCUT2D eigenvalue weighted by Gasteiger charge is -2.01. The van der Waals surface area contributed by atoms with Crippen LogP contribution in [0, 0.1) is 0 Å². The van der Waals surface area contributed by atoms with Crippen molar-refractivity contribution >= 4 is 0 Å². The van der Waals surface area contributed by atoms with E-state index in [1.165, 1.54) is 70.6 Å². The fourth-order valence-corrected chi connectivity index (χ4v) is 1.84. The van der Waals surface area contributed by atoms with Crippen molar-refractivity contribution < 1.29 is 18.1 Å². The Hall–Kier alpha value is 0.250. The largest absolute Gasteiger partial charge is 1.00 e. The first-order chi connectivity index (χ1) is 6.91. The van der Waals surface area contributed by atoms with Crippen molar-refractivity contribution in [3.8, 4) is 0 Å². The molecule has 0 heterocycles. The van der Waals surface area contributed by atoms with Crippen LogP contribution in [-0.2, 0) is 0 Å². The van der Waals surface area contributed by atoms with Gasteiger partial charge in [-0.3, -0.25) is 0 Å². The Balaban J connectivity index is 0. The van der Waals surface area contributed by atoms with Gasteiger partial charge in [-0.25, -0.2) is 0 Å². The molecular formula is C13H30ClN. The molecule has 2 heteroatoms. The quantitative estimate of drug-likeness (QED) is 0.507. The van der Waals surface area contributed by atoms with Crippen LogP contribution in [0.5, 0.6) is 0 Å². The third-order valence-electron chi connectivity index (χ3n) is 2.85. The van der Waals surface area contributed by atoms with Gasteiger partial charge in [-0.05, 0) is 12.8 Å². The smallest absolute Gasteiger partial charge is 0.0739 e. The lowest BCUT2D eigenvalue weighted by atomic mass is 10.1. The molecular weight excluding hydrogens is 206 g/mol. The Labute approximate surface area is 103 Å². The minimum absolute atomic E-state index is 0. The Kier molecular flexibility index (Phi) is 19.6. The van der Waals surface area contributed by atoms with Crippen LogP contribution in [-0.4, -0.2) is 6.54 Å². The van der Waals surface area contributed by atoms with E-state index >= 15 is 0 Å². The predicted molar refractivity (Wildman–Crippen MR) is 64.2 cm³/mol. The second-order valence-corrected chi connectivity index (χ2v) is 4.39. The molecule has 0 aromatic carbocycles. The molecule has 0 aromatic rings. The van der Waals surface area contributed by atoms with E-state index < -0.39 is 0 Å². The molecule has 0 aliphatic heterocycles. The van der Waals surface area contributed by atoms with Gasteiger partial charge in [0.2, 0.25) is 0 Å². The zero-order valence-corrected chi connectivity index (χ0v) is 11.3. The first-order valence-corrected chi connectivity index (χ1v) is 6.71. The molecule has 0 aliphatic rings. The van der Waals surface area contributed by atoms with Gasteiger partial charge in [0, 0.05) is 0 Å². The summed E-state index contributed by atoms with van der Waals surface area (Å²) >= 11 is 0. The predicted octanol–water partition coefficient (Wildman–Crippen LogP) is 0.543. The van der Waals surface area contributed by atoms with E-state index in [1.807, 2.05) is 0 Å². The minimum atomic E-state index is 0. The molecule has 0 spiro atoms. The summed E-state index contributed by atoms with van der Waals surface area (Å²) in [6.45, 7) is 3.40. The topological polar surface area (TPSA) is 27.6 Å². The third-order valence-corrected chi connectivity index (χ3v) is 2.85. The van der Waals surface area contributed by atoms with Crippen molar-refractivity contribution in [3.05, 3.63) is 0 Å². The molecule has 0 fully saturated rings. The Bertz CT molecular complexity index is 84.5. The molecule has 15 heavy (non-hydrogen) atoms. The van der Waals surface area contributed by atoms with E-state index in [4.69, 9.17) is 0 Å². The molecule has 94 valence electrons. The fraction of sp³-hybridized carbons (Fsp3) is 1.00. The second-order valence-electron chi connectivity index (χ2n) is 4.39. The average Bonchev–Trinajstić information content (AvgIpc) is 2.21. The molecule has 0 amide bonds. The van der Waals surface area contributed by atoms with Crippen molar-refractivity contribution in [1.82, 2.24) is 0 Å². The van der Waals surface area contributed by atoms with Gasteiger partial charge in [0.25, 0.3) is 0 Å². The summed E-state index contributed by atoms with van der Waals surface area (Å²) in [6.07, 6.45) is 15.7. The van der Waals surface area contributed by atoms with Gasteiger partial charge in [-0.2, -0.15) is 0 Å². The molecule has 0 radical (unpaired) electrons. The van der Waals surface area contributed by atoms with Crippen LogP contribution in [0.25, 0.3) is 0 Å². The normalized spacial score (nSPS) is 10.0. The second kappa shape index (κ2) is 16.7. The van der Waals surface area contributed by atoms with Crippen LogP contribution in [0.1, 0.15) is 77.6 Å². The fourth-order valence-electron chi connectivity index (χ4n) is 1.84. The number of unbranched alkanes of at least 4 members (excludes halogenated alkanes) is 10.